The van der Waals surface area contributed by atoms with Crippen LogP contribution in [0.4, 0.5) is 4.79 Å². The summed E-state index contributed by atoms with van der Waals surface area (Å²) in [6, 6.07) is 8.47. The molecule has 0 radical (unpaired) electrons. The maximum atomic E-state index is 12.3. The van der Waals surface area contributed by atoms with E-state index in [9.17, 15) is 9.59 Å². The van der Waals surface area contributed by atoms with E-state index in [0.717, 1.165) is 5.56 Å². The van der Waals surface area contributed by atoms with Crippen LogP contribution in [0.25, 0.3) is 0 Å². The highest BCUT2D eigenvalue weighted by Gasteiger charge is 2.31. The van der Waals surface area contributed by atoms with Crippen LogP contribution in [0.2, 0.25) is 0 Å². The van der Waals surface area contributed by atoms with E-state index in [1.807, 2.05) is 30.3 Å². The van der Waals surface area contributed by atoms with E-state index in [-0.39, 0.29) is 12.5 Å². The largest absolute Gasteiger partial charge is 0.458 e. The van der Waals surface area contributed by atoms with Gasteiger partial charge in [0, 0.05) is 13.0 Å². The third kappa shape index (κ3) is 7.46. The van der Waals surface area contributed by atoms with Crippen molar-refractivity contribution in [3.63, 3.8) is 0 Å². The highest BCUT2D eigenvalue weighted by Crippen LogP contribution is 2.13. The zero-order valence-electron chi connectivity index (χ0n) is 15.0. The van der Waals surface area contributed by atoms with Crippen molar-refractivity contribution in [1.29, 1.82) is 0 Å². The van der Waals surface area contributed by atoms with Crippen molar-refractivity contribution in [2.75, 3.05) is 13.7 Å². The normalized spacial score (nSPS) is 13.7. The molecular formula is C18H27NO5. The minimum Gasteiger partial charge on any atom is -0.458 e. The second kappa shape index (κ2) is 9.27. The molecule has 1 rings (SSSR count). The molecule has 0 saturated heterocycles. The molecule has 0 heterocycles. The van der Waals surface area contributed by atoms with Crippen molar-refractivity contribution >= 4 is 12.1 Å². The minimum atomic E-state index is -0.840. The number of hydrogen-bond acceptors (Lipinski definition) is 5. The first-order chi connectivity index (χ1) is 11.2. The zero-order chi connectivity index (χ0) is 18.2. The molecule has 6 nitrogen and oxygen atoms in total. The summed E-state index contributed by atoms with van der Waals surface area (Å²) in [5.74, 6) is -0.766. The Balaban J connectivity index is 2.65. The molecule has 1 aromatic rings. The molecule has 6 heteroatoms. The number of methoxy groups -OCH3 is 1. The number of ether oxygens (including phenoxy) is 3. The molecule has 1 aromatic carbocycles. The average molecular weight is 337 g/mol. The second-order valence-electron chi connectivity index (χ2n) is 6.65. The van der Waals surface area contributed by atoms with Crippen LogP contribution < -0.4 is 5.32 Å². The molecule has 0 fully saturated rings. The lowest BCUT2D eigenvalue weighted by atomic mass is 10.0. The highest BCUT2D eigenvalue weighted by molar-refractivity contribution is 5.81. The van der Waals surface area contributed by atoms with Gasteiger partial charge in [-0.15, -0.1) is 0 Å². The Kier molecular flexibility index (Phi) is 7.71. The first-order valence-corrected chi connectivity index (χ1v) is 7.92. The molecule has 1 amide bonds. The first-order valence-electron chi connectivity index (χ1n) is 7.92. The van der Waals surface area contributed by atoms with Gasteiger partial charge in [-0.05, 0) is 26.3 Å². The van der Waals surface area contributed by atoms with Gasteiger partial charge in [-0.1, -0.05) is 37.3 Å². The van der Waals surface area contributed by atoms with Crippen LogP contribution in [0.5, 0.6) is 0 Å². The predicted molar refractivity (Wildman–Crippen MR) is 90.4 cm³/mol. The summed E-state index contributed by atoms with van der Waals surface area (Å²) in [4.78, 5) is 24.4. The van der Waals surface area contributed by atoms with Crippen LogP contribution >= 0.6 is 0 Å². The average Bonchev–Trinajstić information content (AvgIpc) is 2.50. The van der Waals surface area contributed by atoms with Crippen LogP contribution in [0.15, 0.2) is 30.3 Å². The van der Waals surface area contributed by atoms with Crippen molar-refractivity contribution in [3.05, 3.63) is 35.9 Å². The molecular weight excluding hydrogens is 310 g/mol. The van der Waals surface area contributed by atoms with Gasteiger partial charge in [0.05, 0.1) is 6.61 Å². The van der Waals surface area contributed by atoms with Crippen LogP contribution in [-0.4, -0.2) is 37.4 Å². The van der Waals surface area contributed by atoms with Gasteiger partial charge in [0.25, 0.3) is 0 Å². The fourth-order valence-electron chi connectivity index (χ4n) is 2.05. The molecule has 0 aromatic heterocycles. The van der Waals surface area contributed by atoms with Crippen molar-refractivity contribution < 1.29 is 23.8 Å². The summed E-state index contributed by atoms with van der Waals surface area (Å²) < 4.78 is 15.6. The fraction of sp³-hybridized carbons (Fsp3) is 0.556. The molecule has 0 aliphatic heterocycles. The summed E-state index contributed by atoms with van der Waals surface area (Å²) in [5, 5.41) is 2.58. The standard InChI is InChI=1S/C18H27NO5/c1-13(11-22-5)15(16(20)24-18(2,3)4)19-17(21)23-12-14-9-7-6-8-10-14/h6-10,13,15H,11-12H2,1-5H3,(H,19,21)/t13-,15+/m1/s1. The number of alkyl carbamates (subject to hydrolysis) is 1. The number of amides is 1. The molecule has 0 saturated carbocycles. The number of carbonyl (C=O) groups is 2. The molecule has 0 aliphatic rings. The lowest BCUT2D eigenvalue weighted by Gasteiger charge is -2.27. The van der Waals surface area contributed by atoms with Gasteiger partial charge in [0.1, 0.15) is 18.2 Å². The number of carbonyl (C=O) groups excluding carboxylic acids is 2. The van der Waals surface area contributed by atoms with Gasteiger partial charge in [-0.25, -0.2) is 9.59 Å². The molecule has 0 unspecified atom stereocenters. The van der Waals surface area contributed by atoms with Gasteiger partial charge in [0.2, 0.25) is 0 Å². The van der Waals surface area contributed by atoms with Crippen molar-refractivity contribution in [1.82, 2.24) is 5.32 Å². The van der Waals surface area contributed by atoms with E-state index in [2.05, 4.69) is 5.32 Å². The quantitative estimate of drug-likeness (QED) is 0.775. The fourth-order valence-corrected chi connectivity index (χ4v) is 2.05. The monoisotopic (exact) mass is 337 g/mol. The van der Waals surface area contributed by atoms with E-state index in [1.54, 1.807) is 27.7 Å². The van der Waals surface area contributed by atoms with Gasteiger partial charge in [0.15, 0.2) is 0 Å². The molecule has 24 heavy (non-hydrogen) atoms. The highest BCUT2D eigenvalue weighted by atomic mass is 16.6. The Morgan fingerprint density at radius 3 is 2.33 bits per heavy atom. The summed E-state index contributed by atoms with van der Waals surface area (Å²) in [7, 11) is 1.54. The van der Waals surface area contributed by atoms with Crippen LogP contribution in [-0.2, 0) is 25.6 Å². The smallest absolute Gasteiger partial charge is 0.408 e. The first kappa shape index (κ1) is 20.0. The van der Waals surface area contributed by atoms with E-state index < -0.39 is 23.7 Å². The summed E-state index contributed by atoms with van der Waals surface area (Å²) in [6.07, 6.45) is -0.669. The van der Waals surface area contributed by atoms with Crippen molar-refractivity contribution in [2.45, 2.75) is 45.9 Å². The van der Waals surface area contributed by atoms with Crippen LogP contribution in [0.3, 0.4) is 0 Å². The number of nitrogens with one attached hydrogen (secondary N) is 1. The number of benzene rings is 1. The Morgan fingerprint density at radius 1 is 1.17 bits per heavy atom. The van der Waals surface area contributed by atoms with Crippen molar-refractivity contribution in [2.24, 2.45) is 5.92 Å². The molecule has 1 N–H and O–H groups in total. The maximum Gasteiger partial charge on any atom is 0.408 e. The van der Waals surface area contributed by atoms with E-state index in [1.165, 1.54) is 7.11 Å². The third-order valence-corrected chi connectivity index (χ3v) is 3.15. The van der Waals surface area contributed by atoms with Gasteiger partial charge in [-0.2, -0.15) is 0 Å². The van der Waals surface area contributed by atoms with Gasteiger partial charge < -0.3 is 19.5 Å². The molecule has 0 aliphatic carbocycles. The van der Waals surface area contributed by atoms with Gasteiger partial charge >= 0.3 is 12.1 Å². The predicted octanol–water partition coefficient (Wildman–Crippen LogP) is 2.91. The molecule has 0 bridgehead atoms. The van der Waals surface area contributed by atoms with Crippen LogP contribution in [0, 0.1) is 5.92 Å². The molecule has 2 atom stereocenters. The summed E-state index contributed by atoms with van der Waals surface area (Å²) in [5.41, 5.74) is 0.226. The molecule has 134 valence electrons. The lowest BCUT2D eigenvalue weighted by Crippen LogP contribution is -2.49. The number of esters is 1. The zero-order valence-corrected chi connectivity index (χ0v) is 15.0. The van der Waals surface area contributed by atoms with Gasteiger partial charge in [-0.3, -0.25) is 0 Å². The minimum absolute atomic E-state index is 0.131. The summed E-state index contributed by atoms with van der Waals surface area (Å²) >= 11 is 0. The topological polar surface area (TPSA) is 73.9 Å². The van der Waals surface area contributed by atoms with E-state index >= 15 is 0 Å². The Hall–Kier alpha value is -2.08. The Labute approximate surface area is 143 Å². The number of hydrogen-bond donors (Lipinski definition) is 1. The Bertz CT molecular complexity index is 524. The second-order valence-corrected chi connectivity index (χ2v) is 6.65. The van der Waals surface area contributed by atoms with E-state index in [0.29, 0.717) is 6.61 Å². The maximum absolute atomic E-state index is 12.3. The number of rotatable bonds is 7. The molecule has 0 spiro atoms. The van der Waals surface area contributed by atoms with Crippen molar-refractivity contribution in [3.8, 4) is 0 Å². The third-order valence-electron chi connectivity index (χ3n) is 3.15. The lowest BCUT2D eigenvalue weighted by molar-refractivity contribution is -0.159. The summed E-state index contributed by atoms with van der Waals surface area (Å²) in [6.45, 7) is 7.56. The SMILES string of the molecule is COC[C@@H](C)[C@H](NC(=O)OCc1ccccc1)C(=O)OC(C)(C)C. The Morgan fingerprint density at radius 2 is 1.79 bits per heavy atom. The van der Waals surface area contributed by atoms with E-state index in [4.69, 9.17) is 14.2 Å². The van der Waals surface area contributed by atoms with Crippen LogP contribution in [0.1, 0.15) is 33.3 Å².